The van der Waals surface area contributed by atoms with Crippen LogP contribution in [0.2, 0.25) is 0 Å². The molecular weight excluding hydrogens is 581 g/mol. The summed E-state index contributed by atoms with van der Waals surface area (Å²) in [6.45, 7) is 2.46. The summed E-state index contributed by atoms with van der Waals surface area (Å²) in [5.41, 5.74) is -2.49. The molecule has 1 saturated heterocycles. The van der Waals surface area contributed by atoms with Crippen LogP contribution in [0.1, 0.15) is 27.0 Å². The van der Waals surface area contributed by atoms with Gasteiger partial charge in [-0.25, -0.2) is 18.5 Å². The zero-order chi connectivity index (χ0) is 29.7. The normalized spacial score (nSPS) is 24.6. The number of ether oxygens (including phenoxy) is 2. The Hall–Kier alpha value is -3.05. The van der Waals surface area contributed by atoms with Gasteiger partial charge >= 0.3 is 19.5 Å². The SMILES string of the molecule is CC(C)OC(=O)[C@H](C)O[P@](=O)(OC[C@H]1O[C@@H](n2cc(F)c(=O)[nH]c2=O)C(Cl)(C#CCF)[C@H]1O)Oc1ccccc1. The number of esters is 1. The number of aromatic amines is 1. The van der Waals surface area contributed by atoms with Crippen LogP contribution in [0.3, 0.4) is 0 Å². The van der Waals surface area contributed by atoms with Gasteiger partial charge in [-0.1, -0.05) is 41.6 Å². The first-order chi connectivity index (χ1) is 18.8. The fourth-order valence-corrected chi connectivity index (χ4v) is 5.22. The number of carbonyl (C=O) groups excluding carboxylic acids is 1. The second-order valence-electron chi connectivity index (χ2n) is 8.70. The number of halogens is 3. The van der Waals surface area contributed by atoms with Crippen LogP contribution in [0.25, 0.3) is 0 Å². The molecule has 0 saturated carbocycles. The Morgan fingerprint density at radius 1 is 1.30 bits per heavy atom. The van der Waals surface area contributed by atoms with Crippen LogP contribution in [-0.4, -0.2) is 63.2 Å². The van der Waals surface area contributed by atoms with E-state index in [4.69, 9.17) is 34.6 Å². The number of phosphoric acid groups is 1. The van der Waals surface area contributed by atoms with E-state index in [9.17, 15) is 32.8 Å². The zero-order valence-electron chi connectivity index (χ0n) is 21.4. The van der Waals surface area contributed by atoms with Gasteiger partial charge in [-0.3, -0.25) is 23.4 Å². The molecule has 6 atom stereocenters. The molecule has 0 amide bonds. The van der Waals surface area contributed by atoms with Crippen molar-refractivity contribution in [2.75, 3.05) is 13.3 Å². The first kappa shape index (κ1) is 31.5. The van der Waals surface area contributed by atoms with Gasteiger partial charge in [0.25, 0.3) is 5.56 Å². The molecule has 0 bridgehead atoms. The third kappa shape index (κ3) is 7.37. The summed E-state index contributed by atoms with van der Waals surface area (Å²) in [6, 6.07) is 7.65. The standard InChI is InChI=1S/C24H26ClF2N2O10P/c1-14(2)36-21(32)15(3)38-40(34,39-16-8-5-4-6-9-16)35-13-18-19(30)24(25,10-7-11-26)22(37-18)29-12-17(27)20(31)28-23(29)33/h4-6,8-9,12,14-15,18-19,22,30H,11,13H2,1-3H3,(H,28,31,33)/t15-,18+,19-,22+,24?,40-/m0/s1. The van der Waals surface area contributed by atoms with Crippen LogP contribution in [0.5, 0.6) is 5.75 Å². The van der Waals surface area contributed by atoms with E-state index in [-0.39, 0.29) is 5.75 Å². The fourth-order valence-electron chi connectivity index (χ4n) is 3.51. The average molecular weight is 607 g/mol. The highest BCUT2D eigenvalue weighted by Crippen LogP contribution is 2.52. The number of rotatable bonds is 10. The molecule has 0 radical (unpaired) electrons. The van der Waals surface area contributed by atoms with Gasteiger partial charge in [-0.05, 0) is 32.9 Å². The predicted octanol–water partition coefficient (Wildman–Crippen LogP) is 2.44. The monoisotopic (exact) mass is 606 g/mol. The van der Waals surface area contributed by atoms with Gasteiger partial charge in [0.05, 0.1) is 18.9 Å². The second-order valence-corrected chi connectivity index (χ2v) is 10.9. The molecule has 12 nitrogen and oxygen atoms in total. The summed E-state index contributed by atoms with van der Waals surface area (Å²) in [5.74, 6) is 2.05. The Morgan fingerprint density at radius 3 is 2.60 bits per heavy atom. The van der Waals surface area contributed by atoms with Gasteiger partial charge in [0, 0.05) is 0 Å². The van der Waals surface area contributed by atoms with Crippen molar-refractivity contribution < 1.29 is 46.3 Å². The number of phosphoric ester groups is 1. The summed E-state index contributed by atoms with van der Waals surface area (Å²) in [4.78, 5) is 35.6. The van der Waals surface area contributed by atoms with E-state index in [0.717, 1.165) is 0 Å². The Labute approximate surface area is 231 Å². The molecule has 3 rings (SSSR count). The van der Waals surface area contributed by atoms with Crippen LogP contribution in [0.4, 0.5) is 8.78 Å². The lowest BCUT2D eigenvalue weighted by molar-refractivity contribution is -0.156. The minimum atomic E-state index is -4.66. The van der Waals surface area contributed by atoms with E-state index in [1.807, 2.05) is 5.92 Å². The van der Waals surface area contributed by atoms with Crippen molar-refractivity contribution in [2.24, 2.45) is 0 Å². The molecule has 1 aromatic heterocycles. The number of aromatic nitrogens is 2. The Balaban J connectivity index is 1.91. The van der Waals surface area contributed by atoms with Crippen LogP contribution in [0, 0.1) is 17.7 Å². The lowest BCUT2D eigenvalue weighted by Crippen LogP contribution is -2.44. The van der Waals surface area contributed by atoms with Crippen molar-refractivity contribution in [3.05, 3.63) is 63.2 Å². The molecule has 2 heterocycles. The van der Waals surface area contributed by atoms with E-state index in [1.54, 1.807) is 37.0 Å². The van der Waals surface area contributed by atoms with Gasteiger partial charge < -0.3 is 19.1 Å². The van der Waals surface area contributed by atoms with E-state index in [0.29, 0.717) is 10.8 Å². The van der Waals surface area contributed by atoms with Gasteiger partial charge in [0.15, 0.2) is 17.2 Å². The van der Waals surface area contributed by atoms with E-state index < -0.39 is 79.7 Å². The maximum Gasteiger partial charge on any atom is 0.530 e. The van der Waals surface area contributed by atoms with Crippen molar-refractivity contribution in [1.82, 2.24) is 9.55 Å². The number of aliphatic hydroxyl groups is 1. The van der Waals surface area contributed by atoms with Crippen LogP contribution < -0.4 is 15.8 Å². The maximum absolute atomic E-state index is 14.0. The second kappa shape index (κ2) is 13.1. The summed E-state index contributed by atoms with van der Waals surface area (Å²) in [5, 5.41) is 10.9. The molecule has 2 aromatic rings. The number of hydrogen-bond acceptors (Lipinski definition) is 10. The molecule has 218 valence electrons. The van der Waals surface area contributed by atoms with Crippen LogP contribution in [0.15, 0.2) is 46.1 Å². The minimum Gasteiger partial charge on any atom is -0.461 e. The Kier molecular flexibility index (Phi) is 10.3. The summed E-state index contributed by atoms with van der Waals surface area (Å²) < 4.78 is 67.8. The number of alkyl halides is 2. The number of para-hydroxylation sites is 1. The molecule has 1 aliphatic rings. The van der Waals surface area contributed by atoms with Gasteiger partial charge in [-0.2, -0.15) is 4.39 Å². The number of benzene rings is 1. The number of aliphatic hydroxyl groups excluding tert-OH is 1. The van der Waals surface area contributed by atoms with Crippen molar-refractivity contribution in [3.8, 4) is 17.6 Å². The molecule has 40 heavy (non-hydrogen) atoms. The van der Waals surface area contributed by atoms with Crippen molar-refractivity contribution in [1.29, 1.82) is 0 Å². The molecular formula is C24H26ClF2N2O10P. The molecule has 1 fully saturated rings. The molecule has 1 unspecified atom stereocenters. The minimum absolute atomic E-state index is 0.0387. The first-order valence-corrected chi connectivity index (χ1v) is 13.6. The number of hydrogen-bond donors (Lipinski definition) is 2. The van der Waals surface area contributed by atoms with Gasteiger partial charge in [0.2, 0.25) is 5.82 Å². The largest absolute Gasteiger partial charge is 0.530 e. The molecule has 16 heteroatoms. The van der Waals surface area contributed by atoms with Crippen molar-refractivity contribution >= 4 is 25.4 Å². The molecule has 1 aromatic carbocycles. The lowest BCUT2D eigenvalue weighted by atomic mass is 9.99. The first-order valence-electron chi connectivity index (χ1n) is 11.8. The third-order valence-corrected chi connectivity index (χ3v) is 7.28. The molecule has 2 N–H and O–H groups in total. The van der Waals surface area contributed by atoms with Gasteiger partial charge in [0.1, 0.15) is 24.6 Å². The highest BCUT2D eigenvalue weighted by molar-refractivity contribution is 7.49. The summed E-state index contributed by atoms with van der Waals surface area (Å²) in [7, 11) is -4.66. The molecule has 0 spiro atoms. The number of nitrogens with zero attached hydrogens (tertiary/aromatic N) is 1. The van der Waals surface area contributed by atoms with E-state index in [1.165, 1.54) is 19.1 Å². The highest BCUT2D eigenvalue weighted by atomic mass is 35.5. The number of H-pyrrole nitrogens is 1. The lowest BCUT2D eigenvalue weighted by Gasteiger charge is -2.25. The Morgan fingerprint density at radius 2 is 1.98 bits per heavy atom. The van der Waals surface area contributed by atoms with Crippen LogP contribution in [-0.2, 0) is 27.9 Å². The van der Waals surface area contributed by atoms with Gasteiger partial charge in [-0.15, -0.1) is 0 Å². The molecule has 1 aliphatic heterocycles. The molecule has 0 aliphatic carbocycles. The number of nitrogens with one attached hydrogen (secondary N) is 1. The highest BCUT2D eigenvalue weighted by Gasteiger charge is 2.57. The van der Waals surface area contributed by atoms with E-state index >= 15 is 0 Å². The van der Waals surface area contributed by atoms with E-state index in [2.05, 4.69) is 5.92 Å². The summed E-state index contributed by atoms with van der Waals surface area (Å²) in [6.07, 6.45) is -6.61. The quantitative estimate of drug-likeness (QED) is 0.178. The number of carbonyl (C=O) groups is 1. The third-order valence-electron chi connectivity index (χ3n) is 5.30. The summed E-state index contributed by atoms with van der Waals surface area (Å²) >= 11 is 6.48. The predicted molar refractivity (Wildman–Crippen MR) is 136 cm³/mol. The van der Waals surface area contributed by atoms with Crippen molar-refractivity contribution in [3.63, 3.8) is 0 Å². The maximum atomic E-state index is 14.0. The smallest absolute Gasteiger partial charge is 0.461 e. The van der Waals surface area contributed by atoms with Crippen LogP contribution >= 0.6 is 19.4 Å². The average Bonchev–Trinajstić information content (AvgIpc) is 3.13. The topological polar surface area (TPSA) is 155 Å². The Bertz CT molecular complexity index is 1430. The van der Waals surface area contributed by atoms with Crippen molar-refractivity contribution in [2.45, 2.75) is 56.3 Å². The zero-order valence-corrected chi connectivity index (χ0v) is 23.1. The fraction of sp³-hybridized carbons (Fsp3) is 0.458.